The molecule has 0 aliphatic carbocycles. The maximum absolute atomic E-state index is 14.5. The second kappa shape index (κ2) is 23.4. The molecule has 4 aliphatic heterocycles. The fourth-order valence-corrected chi connectivity index (χ4v) is 11.2. The Kier molecular flexibility index (Phi) is 18.7. The van der Waals surface area contributed by atoms with E-state index in [4.69, 9.17) is 37.9 Å². The number of halogens is 1. The average Bonchev–Trinajstić information content (AvgIpc) is 3.96. The third kappa shape index (κ3) is 12.5. The maximum atomic E-state index is 14.5. The van der Waals surface area contributed by atoms with Crippen molar-refractivity contribution >= 4 is 23.5 Å². The fraction of sp³-hybridized carbons (Fsp3) is 0.784. The van der Waals surface area contributed by atoms with Crippen LogP contribution in [0.3, 0.4) is 0 Å². The van der Waals surface area contributed by atoms with Gasteiger partial charge in [-0.3, -0.25) is 14.5 Å². The predicted octanol–water partition coefficient (Wildman–Crippen LogP) is 3.81. The van der Waals surface area contributed by atoms with Gasteiger partial charge in [0.2, 0.25) is 0 Å². The molecule has 2 aromatic rings. The molecule has 0 spiro atoms. The number of carbonyl (C=O) groups is 3. The third-order valence-electron chi connectivity index (χ3n) is 15.9. The van der Waals surface area contributed by atoms with Crippen molar-refractivity contribution in [1.82, 2.24) is 19.9 Å². The molecule has 4 saturated heterocycles. The minimum atomic E-state index is -2.02. The van der Waals surface area contributed by atoms with Gasteiger partial charge in [-0.1, -0.05) is 39.0 Å². The van der Waals surface area contributed by atoms with E-state index >= 15 is 0 Å². The Morgan fingerprint density at radius 2 is 1.61 bits per heavy atom. The zero-order valence-electron chi connectivity index (χ0n) is 44.2. The number of esters is 1. The number of cyclic esters (lactones) is 2. The van der Waals surface area contributed by atoms with Gasteiger partial charge in [0.25, 0.3) is 0 Å². The number of methoxy groups -OCH3 is 2. The number of amides is 1. The number of benzene rings is 1. The summed E-state index contributed by atoms with van der Waals surface area (Å²) in [4.78, 5) is 44.7. The number of rotatable bonds is 14. The molecule has 0 bridgehead atoms. The molecule has 5 heterocycles. The van der Waals surface area contributed by atoms with Crippen molar-refractivity contribution in [3.05, 3.63) is 42.0 Å². The second-order valence-corrected chi connectivity index (χ2v) is 21.4. The number of aliphatic hydroxyl groups is 4. The van der Waals surface area contributed by atoms with Crippen molar-refractivity contribution in [2.24, 2.45) is 23.7 Å². The Bertz CT molecular complexity index is 2150. The van der Waals surface area contributed by atoms with Crippen LogP contribution in [0.5, 0.6) is 0 Å². The fourth-order valence-electron chi connectivity index (χ4n) is 11.2. The molecule has 4 aliphatic rings. The number of aliphatic hydroxyl groups excluding tert-OH is 3. The lowest BCUT2D eigenvalue weighted by Crippen LogP contribution is -2.61. The SMILES string of the molecule is CC[C@H]1OC(=O)[C@H](C)[C@@H](O[C@H]2C[C@@](C)(OC)[C@@H](O)[C@H](C)O2)[C@H](C)[C@@H](O[C@@H]2O[C@H](C)C[C@H](N(C)CCc3cn(C[C@H]4CN(c5cccc(F)c5)C(=O)O4)nn3)[C@H]2O)[C@](C)(OC)C[C@@H](C)C(=O)[C@H](C)[C@@H](O)[C@]1(C)O. The molecule has 406 valence electrons. The summed E-state index contributed by atoms with van der Waals surface area (Å²) in [6.07, 6.45) is -8.85. The summed E-state index contributed by atoms with van der Waals surface area (Å²) in [5.74, 6) is -5.32. The Labute approximate surface area is 422 Å². The van der Waals surface area contributed by atoms with E-state index in [0.717, 1.165) is 0 Å². The lowest BCUT2D eigenvalue weighted by Gasteiger charge is -2.50. The highest BCUT2D eigenvalue weighted by Gasteiger charge is 2.54. The molecule has 4 fully saturated rings. The van der Waals surface area contributed by atoms with Crippen molar-refractivity contribution in [3.63, 3.8) is 0 Å². The van der Waals surface area contributed by atoms with Gasteiger partial charge < -0.3 is 63.2 Å². The molecule has 1 aromatic carbocycles. The van der Waals surface area contributed by atoms with Crippen LogP contribution in [0.2, 0.25) is 0 Å². The largest absolute Gasteiger partial charge is 0.459 e. The zero-order valence-corrected chi connectivity index (χ0v) is 44.2. The average molecular weight is 1020 g/mol. The van der Waals surface area contributed by atoms with Crippen molar-refractivity contribution in [3.8, 4) is 0 Å². The maximum Gasteiger partial charge on any atom is 0.414 e. The molecular weight excluding hydrogens is 942 g/mol. The normalized spacial score (nSPS) is 40.8. The summed E-state index contributed by atoms with van der Waals surface area (Å²) in [6.45, 7) is 17.7. The smallest absolute Gasteiger partial charge is 0.414 e. The first-order valence-electron chi connectivity index (χ1n) is 25.3. The number of nitrogens with zero attached hydrogens (tertiary/aromatic N) is 5. The highest BCUT2D eigenvalue weighted by Crippen LogP contribution is 2.42. The van der Waals surface area contributed by atoms with E-state index in [1.165, 1.54) is 51.2 Å². The van der Waals surface area contributed by atoms with E-state index in [1.807, 2.05) is 25.8 Å². The molecule has 21 heteroatoms. The van der Waals surface area contributed by atoms with Gasteiger partial charge in [0.05, 0.1) is 72.1 Å². The van der Waals surface area contributed by atoms with E-state index in [-0.39, 0.29) is 38.1 Å². The van der Waals surface area contributed by atoms with Crippen LogP contribution in [-0.2, 0) is 60.4 Å². The van der Waals surface area contributed by atoms with Gasteiger partial charge in [0.1, 0.15) is 41.6 Å². The first-order chi connectivity index (χ1) is 33.8. The van der Waals surface area contributed by atoms with Crippen molar-refractivity contribution in [1.29, 1.82) is 0 Å². The Hall–Kier alpha value is -3.74. The van der Waals surface area contributed by atoms with Crippen LogP contribution in [0.4, 0.5) is 14.9 Å². The Morgan fingerprint density at radius 1 is 0.917 bits per heavy atom. The number of Topliss-reactive ketones (excluding diaryl/α,β-unsaturated/α-hetero) is 1. The summed E-state index contributed by atoms with van der Waals surface area (Å²) in [7, 11) is 4.85. The van der Waals surface area contributed by atoms with Crippen LogP contribution in [0, 0.1) is 29.5 Å². The van der Waals surface area contributed by atoms with Gasteiger partial charge in [-0.15, -0.1) is 5.10 Å². The standard InChI is InChI=1S/C51H80FN5O15/c1-14-38-51(10,64)43(60)29(4)40(58)27(2)22-50(9,66-13)45(30(5)42(31(6)46(62)70-38)71-39-23-49(8,65-12)44(61)32(7)68-39)72-47-41(59)37(20-28(3)67-47)55(11)19-18-34-24-56(54-53-34)25-36-26-57(48(63)69-36)35-17-15-16-33(52)21-35/h15-17,21,24,27-32,36-39,41-45,47,59-61,64H,14,18-20,22-23,25-26H2,1-13H3/t27-,28-,29+,30+,31-,32+,36+,37+,38-,39+,41-,42+,43-,44+,45-,47+,49-,50-,51-/m1/s1. The zero-order chi connectivity index (χ0) is 53.2. The van der Waals surface area contributed by atoms with E-state index in [9.17, 15) is 39.2 Å². The first kappa shape index (κ1) is 57.5. The molecule has 1 aromatic heterocycles. The third-order valence-corrected chi connectivity index (χ3v) is 15.9. The van der Waals surface area contributed by atoms with Crippen LogP contribution in [-0.4, -0.2) is 183 Å². The summed E-state index contributed by atoms with van der Waals surface area (Å²) >= 11 is 0. The Morgan fingerprint density at radius 3 is 2.26 bits per heavy atom. The topological polar surface area (TPSA) is 243 Å². The van der Waals surface area contributed by atoms with Crippen LogP contribution in [0.25, 0.3) is 0 Å². The van der Waals surface area contributed by atoms with Gasteiger partial charge in [0.15, 0.2) is 12.6 Å². The molecule has 72 heavy (non-hydrogen) atoms. The Balaban J connectivity index is 1.25. The summed E-state index contributed by atoms with van der Waals surface area (Å²) < 4.78 is 65.7. The van der Waals surface area contributed by atoms with Crippen LogP contribution < -0.4 is 4.90 Å². The molecule has 19 atom stereocenters. The quantitative estimate of drug-likeness (QED) is 0.197. The van der Waals surface area contributed by atoms with E-state index in [0.29, 0.717) is 30.8 Å². The van der Waals surface area contributed by atoms with E-state index in [2.05, 4.69) is 10.3 Å². The summed E-state index contributed by atoms with van der Waals surface area (Å²) in [5.41, 5.74) is -3.40. The van der Waals surface area contributed by atoms with Gasteiger partial charge in [-0.25, -0.2) is 13.9 Å². The second-order valence-electron chi connectivity index (χ2n) is 21.4. The summed E-state index contributed by atoms with van der Waals surface area (Å²) in [6, 6.07) is 5.26. The monoisotopic (exact) mass is 1020 g/mol. The van der Waals surface area contributed by atoms with Crippen molar-refractivity contribution in [2.45, 2.75) is 198 Å². The van der Waals surface area contributed by atoms with Crippen LogP contribution in [0.15, 0.2) is 30.5 Å². The number of hydrogen-bond donors (Lipinski definition) is 4. The molecule has 20 nitrogen and oxygen atoms in total. The molecular formula is C51H80FN5O15. The van der Waals surface area contributed by atoms with Crippen molar-refractivity contribution < 1.29 is 77.1 Å². The minimum Gasteiger partial charge on any atom is -0.459 e. The minimum absolute atomic E-state index is 0.0427. The van der Waals surface area contributed by atoms with Crippen LogP contribution in [0.1, 0.15) is 101 Å². The number of carbonyl (C=O) groups excluding carboxylic acids is 3. The summed E-state index contributed by atoms with van der Waals surface area (Å²) in [5, 5.41) is 55.4. The molecule has 0 unspecified atom stereocenters. The number of ketones is 1. The lowest BCUT2D eigenvalue weighted by molar-refractivity contribution is -0.319. The van der Waals surface area contributed by atoms with Gasteiger partial charge in [0, 0.05) is 63.6 Å². The van der Waals surface area contributed by atoms with E-state index in [1.54, 1.807) is 58.5 Å². The molecule has 1 amide bonds. The number of ether oxygens (including phenoxy) is 8. The molecule has 0 saturated carbocycles. The highest BCUT2D eigenvalue weighted by molar-refractivity contribution is 5.89. The number of anilines is 1. The number of aromatic nitrogens is 3. The predicted molar refractivity (Wildman–Crippen MR) is 258 cm³/mol. The van der Waals surface area contributed by atoms with E-state index < -0.39 is 132 Å². The molecule has 4 N–H and O–H groups in total. The number of hydrogen-bond acceptors (Lipinski definition) is 18. The molecule has 0 radical (unpaired) electrons. The van der Waals surface area contributed by atoms with Gasteiger partial charge in [-0.2, -0.15) is 0 Å². The molecule has 6 rings (SSSR count). The van der Waals surface area contributed by atoms with Gasteiger partial charge >= 0.3 is 12.1 Å². The first-order valence-corrected chi connectivity index (χ1v) is 25.3. The lowest BCUT2D eigenvalue weighted by atomic mass is 9.74. The van der Waals surface area contributed by atoms with Gasteiger partial charge in [-0.05, 0) is 86.1 Å². The van der Waals surface area contributed by atoms with Crippen molar-refractivity contribution in [2.75, 3.05) is 39.3 Å². The van der Waals surface area contributed by atoms with Crippen LogP contribution >= 0.6 is 0 Å². The number of likely N-dealkylation sites (N-methyl/N-ethyl adjacent to an activating group) is 1. The highest BCUT2D eigenvalue weighted by atomic mass is 19.1.